The van der Waals surface area contributed by atoms with Crippen LogP contribution in [0.2, 0.25) is 0 Å². The number of aromatic nitrogens is 1. The van der Waals surface area contributed by atoms with Gasteiger partial charge in [-0.1, -0.05) is 60.7 Å². The van der Waals surface area contributed by atoms with Crippen LogP contribution in [0.5, 0.6) is 0 Å². The van der Waals surface area contributed by atoms with Crippen LogP contribution in [-0.4, -0.2) is 28.6 Å². The minimum Gasteiger partial charge on any atom is -0.345 e. The fourth-order valence-corrected chi connectivity index (χ4v) is 3.38. The first kappa shape index (κ1) is 20.4. The Kier molecular flexibility index (Phi) is 7.24. The predicted octanol–water partition coefficient (Wildman–Crippen LogP) is 2.30. The first-order chi connectivity index (χ1) is 14.1. The number of nitrogens with one attached hydrogen (secondary N) is 2. The quantitative estimate of drug-likeness (QED) is 0.533. The number of benzene rings is 2. The van der Waals surface area contributed by atoms with Gasteiger partial charge in [0.05, 0.1) is 13.0 Å². The van der Waals surface area contributed by atoms with Gasteiger partial charge in [-0.3, -0.25) is 14.4 Å². The number of hydrogen-bond acceptors (Lipinski definition) is 5. The molecule has 2 N–H and O–H groups in total. The third-order valence-electron chi connectivity index (χ3n) is 4.25. The van der Waals surface area contributed by atoms with Crippen molar-refractivity contribution in [3.05, 3.63) is 88.4 Å². The summed E-state index contributed by atoms with van der Waals surface area (Å²) in [5.41, 5.74) is 1.70. The highest BCUT2D eigenvalue weighted by Gasteiger charge is 2.27. The second-order valence-corrected chi connectivity index (χ2v) is 7.42. The van der Waals surface area contributed by atoms with Crippen molar-refractivity contribution in [2.24, 2.45) is 0 Å². The molecular weight excluding hydrogens is 386 g/mol. The molecule has 7 heteroatoms. The largest absolute Gasteiger partial charge is 0.345 e. The van der Waals surface area contributed by atoms with Gasteiger partial charge in [-0.25, -0.2) is 4.98 Å². The van der Waals surface area contributed by atoms with Crippen LogP contribution in [0.25, 0.3) is 0 Å². The van der Waals surface area contributed by atoms with E-state index in [4.69, 9.17) is 0 Å². The summed E-state index contributed by atoms with van der Waals surface area (Å²) >= 11 is 1.39. The molecule has 0 bridgehead atoms. The van der Waals surface area contributed by atoms with E-state index in [0.29, 0.717) is 5.01 Å². The number of thiazole rings is 1. The molecule has 2 amide bonds. The molecule has 0 spiro atoms. The van der Waals surface area contributed by atoms with Gasteiger partial charge in [-0.2, -0.15) is 0 Å². The summed E-state index contributed by atoms with van der Waals surface area (Å²) in [5.74, 6) is -1.72. The fourth-order valence-electron chi connectivity index (χ4n) is 2.83. The molecule has 29 heavy (non-hydrogen) atoms. The molecule has 0 unspecified atom stereocenters. The van der Waals surface area contributed by atoms with E-state index >= 15 is 0 Å². The average molecular weight is 407 g/mol. The molecule has 148 valence electrons. The number of amides is 2. The zero-order valence-electron chi connectivity index (χ0n) is 15.7. The lowest BCUT2D eigenvalue weighted by Gasteiger charge is -2.17. The summed E-state index contributed by atoms with van der Waals surface area (Å²) in [4.78, 5) is 41.7. The Hall–Kier alpha value is -3.32. The summed E-state index contributed by atoms with van der Waals surface area (Å²) in [6, 6.07) is 17.6. The van der Waals surface area contributed by atoms with E-state index in [0.717, 1.165) is 11.1 Å². The minimum atomic E-state index is -0.940. The molecule has 3 rings (SSSR count). The van der Waals surface area contributed by atoms with Crippen molar-refractivity contribution in [3.8, 4) is 0 Å². The van der Waals surface area contributed by atoms with Gasteiger partial charge in [0.1, 0.15) is 11.0 Å². The minimum absolute atomic E-state index is 0.139. The van der Waals surface area contributed by atoms with Crippen LogP contribution in [0.1, 0.15) is 16.1 Å². The third kappa shape index (κ3) is 6.36. The van der Waals surface area contributed by atoms with Crippen molar-refractivity contribution in [2.45, 2.75) is 25.4 Å². The molecule has 0 saturated carbocycles. The van der Waals surface area contributed by atoms with E-state index in [9.17, 15) is 14.4 Å². The SMILES string of the molecule is O=C(Cc1ccccc1)N[C@H](Cc1ccccc1)C(=O)C(=O)NCc1nccs1. The van der Waals surface area contributed by atoms with E-state index in [1.165, 1.54) is 11.3 Å². The molecule has 1 atom stereocenters. The van der Waals surface area contributed by atoms with Gasteiger partial charge < -0.3 is 10.6 Å². The summed E-state index contributed by atoms with van der Waals surface area (Å²) in [6.07, 6.45) is 2.01. The zero-order chi connectivity index (χ0) is 20.5. The Morgan fingerprint density at radius 1 is 0.931 bits per heavy atom. The topological polar surface area (TPSA) is 88.2 Å². The van der Waals surface area contributed by atoms with E-state index in [2.05, 4.69) is 15.6 Å². The Morgan fingerprint density at radius 2 is 1.59 bits per heavy atom. The standard InChI is InChI=1S/C22H21N3O3S/c26-19(14-17-9-5-2-6-10-17)25-18(13-16-7-3-1-4-8-16)21(27)22(28)24-15-20-23-11-12-29-20/h1-12,18H,13-15H2,(H,24,28)(H,25,26)/t18-/m1/s1. The Balaban J connectivity index is 1.66. The first-order valence-electron chi connectivity index (χ1n) is 9.19. The first-order valence-corrected chi connectivity index (χ1v) is 10.1. The number of rotatable bonds is 9. The predicted molar refractivity (Wildman–Crippen MR) is 111 cm³/mol. The normalized spacial score (nSPS) is 11.4. The Labute approximate surface area is 173 Å². The van der Waals surface area contributed by atoms with E-state index in [1.807, 2.05) is 60.7 Å². The van der Waals surface area contributed by atoms with Crippen LogP contribution in [0.3, 0.4) is 0 Å². The highest BCUT2D eigenvalue weighted by Crippen LogP contribution is 2.07. The third-order valence-corrected chi connectivity index (χ3v) is 5.03. The number of carbonyl (C=O) groups excluding carboxylic acids is 3. The molecule has 1 heterocycles. The maximum atomic E-state index is 12.8. The van der Waals surface area contributed by atoms with Gasteiger partial charge in [0.25, 0.3) is 5.91 Å². The van der Waals surface area contributed by atoms with Gasteiger partial charge >= 0.3 is 0 Å². The van der Waals surface area contributed by atoms with Crippen LogP contribution < -0.4 is 10.6 Å². The van der Waals surface area contributed by atoms with Crippen LogP contribution >= 0.6 is 11.3 Å². The average Bonchev–Trinajstić information content (AvgIpc) is 3.26. The van der Waals surface area contributed by atoms with Crippen molar-refractivity contribution in [2.75, 3.05) is 0 Å². The monoisotopic (exact) mass is 407 g/mol. The molecule has 0 fully saturated rings. The molecule has 0 radical (unpaired) electrons. The van der Waals surface area contributed by atoms with Crippen LogP contribution in [-0.2, 0) is 33.8 Å². The van der Waals surface area contributed by atoms with Crippen molar-refractivity contribution >= 4 is 28.9 Å². The highest BCUT2D eigenvalue weighted by molar-refractivity contribution is 7.09. The maximum Gasteiger partial charge on any atom is 0.289 e. The number of hydrogen-bond donors (Lipinski definition) is 2. The number of carbonyl (C=O) groups is 3. The number of Topliss-reactive ketones (excluding diaryl/α,β-unsaturated/α-hetero) is 1. The van der Waals surface area contributed by atoms with Crippen molar-refractivity contribution in [1.82, 2.24) is 15.6 Å². The molecule has 6 nitrogen and oxygen atoms in total. The molecule has 0 aliphatic rings. The number of ketones is 1. The summed E-state index contributed by atoms with van der Waals surface area (Å²) in [7, 11) is 0. The van der Waals surface area contributed by atoms with Crippen molar-refractivity contribution < 1.29 is 14.4 Å². The summed E-state index contributed by atoms with van der Waals surface area (Å²) < 4.78 is 0. The van der Waals surface area contributed by atoms with E-state index in [-0.39, 0.29) is 25.3 Å². The van der Waals surface area contributed by atoms with Gasteiger partial charge in [0.2, 0.25) is 11.7 Å². The maximum absolute atomic E-state index is 12.8. The van der Waals surface area contributed by atoms with Crippen LogP contribution in [0, 0.1) is 0 Å². The lowest BCUT2D eigenvalue weighted by atomic mass is 10.0. The second kappa shape index (κ2) is 10.3. The van der Waals surface area contributed by atoms with Crippen molar-refractivity contribution in [3.63, 3.8) is 0 Å². The molecular formula is C22H21N3O3S. The van der Waals surface area contributed by atoms with Crippen molar-refractivity contribution in [1.29, 1.82) is 0 Å². The molecule has 3 aromatic rings. The lowest BCUT2D eigenvalue weighted by molar-refractivity contribution is -0.140. The second-order valence-electron chi connectivity index (χ2n) is 6.44. The molecule has 1 aromatic heterocycles. The fraction of sp³-hybridized carbons (Fsp3) is 0.182. The van der Waals surface area contributed by atoms with Gasteiger partial charge in [-0.05, 0) is 11.1 Å². The molecule has 0 saturated heterocycles. The molecule has 2 aromatic carbocycles. The van der Waals surface area contributed by atoms with Gasteiger partial charge in [0, 0.05) is 18.0 Å². The smallest absolute Gasteiger partial charge is 0.289 e. The number of nitrogens with zero attached hydrogens (tertiary/aromatic N) is 1. The van der Waals surface area contributed by atoms with Gasteiger partial charge in [0.15, 0.2) is 0 Å². The van der Waals surface area contributed by atoms with Crippen LogP contribution in [0.15, 0.2) is 72.2 Å². The molecule has 0 aliphatic heterocycles. The zero-order valence-corrected chi connectivity index (χ0v) is 16.5. The Bertz CT molecular complexity index is 944. The molecule has 0 aliphatic carbocycles. The summed E-state index contributed by atoms with van der Waals surface area (Å²) in [6.45, 7) is 0.179. The lowest BCUT2D eigenvalue weighted by Crippen LogP contribution is -2.49. The van der Waals surface area contributed by atoms with Crippen LogP contribution in [0.4, 0.5) is 0 Å². The van der Waals surface area contributed by atoms with E-state index < -0.39 is 17.7 Å². The van der Waals surface area contributed by atoms with E-state index in [1.54, 1.807) is 11.6 Å². The van der Waals surface area contributed by atoms with Gasteiger partial charge in [-0.15, -0.1) is 11.3 Å². The highest BCUT2D eigenvalue weighted by atomic mass is 32.1. The Morgan fingerprint density at radius 3 is 2.21 bits per heavy atom. The summed E-state index contributed by atoms with van der Waals surface area (Å²) in [5, 5.41) is 7.81.